The summed E-state index contributed by atoms with van der Waals surface area (Å²) in [6.07, 6.45) is 4.91. The lowest BCUT2D eigenvalue weighted by molar-refractivity contribution is -0.117. The molecule has 0 radical (unpaired) electrons. The molecule has 0 saturated carbocycles. The molecule has 3 rings (SSSR count). The number of hydrogen-bond donors (Lipinski definition) is 1. The van der Waals surface area contributed by atoms with Crippen molar-refractivity contribution >= 4 is 23.6 Å². The van der Waals surface area contributed by atoms with Gasteiger partial charge in [0.15, 0.2) is 0 Å². The van der Waals surface area contributed by atoms with Gasteiger partial charge in [-0.2, -0.15) is 0 Å². The first-order chi connectivity index (χ1) is 12.6. The lowest BCUT2D eigenvalue weighted by atomic mass is 10.2. The van der Waals surface area contributed by atoms with Gasteiger partial charge in [0.05, 0.1) is 13.2 Å². The summed E-state index contributed by atoms with van der Waals surface area (Å²) in [5.74, 6) is 0.0893. The summed E-state index contributed by atoms with van der Waals surface area (Å²) >= 11 is 0. The van der Waals surface area contributed by atoms with Crippen molar-refractivity contribution in [2.24, 2.45) is 0 Å². The number of rotatable bonds is 6. The van der Waals surface area contributed by atoms with Gasteiger partial charge in [0.25, 0.3) is 0 Å². The Morgan fingerprint density at radius 2 is 1.96 bits per heavy atom. The molecule has 2 amide bonds. The van der Waals surface area contributed by atoms with E-state index in [1.165, 1.54) is 0 Å². The highest BCUT2D eigenvalue weighted by atomic mass is 16.5. The predicted octanol–water partition coefficient (Wildman–Crippen LogP) is 1.66. The molecular formula is C20H27N3O3. The number of hydrogen-bond acceptors (Lipinski definition) is 4. The van der Waals surface area contributed by atoms with Crippen LogP contribution in [0, 0.1) is 0 Å². The van der Waals surface area contributed by atoms with E-state index in [9.17, 15) is 9.59 Å². The van der Waals surface area contributed by atoms with Crippen molar-refractivity contribution in [2.75, 3.05) is 44.3 Å². The third-order valence-corrected chi connectivity index (χ3v) is 4.73. The van der Waals surface area contributed by atoms with Gasteiger partial charge in [-0.1, -0.05) is 12.1 Å². The molecule has 2 aliphatic heterocycles. The highest BCUT2D eigenvalue weighted by molar-refractivity contribution is 5.95. The van der Waals surface area contributed by atoms with Crippen LogP contribution in [0.15, 0.2) is 30.3 Å². The van der Waals surface area contributed by atoms with Crippen molar-refractivity contribution in [1.82, 2.24) is 10.2 Å². The van der Waals surface area contributed by atoms with Crippen LogP contribution in [0.1, 0.15) is 25.3 Å². The van der Waals surface area contributed by atoms with Crippen LogP contribution in [-0.4, -0.2) is 62.1 Å². The number of nitrogens with one attached hydrogen (secondary N) is 1. The van der Waals surface area contributed by atoms with Gasteiger partial charge in [-0.05, 0) is 37.1 Å². The van der Waals surface area contributed by atoms with Gasteiger partial charge < -0.3 is 15.0 Å². The Morgan fingerprint density at radius 3 is 2.62 bits per heavy atom. The molecule has 6 nitrogen and oxygen atoms in total. The van der Waals surface area contributed by atoms with E-state index < -0.39 is 0 Å². The number of morpholine rings is 1. The Balaban J connectivity index is 1.47. The standard InChI is InChI=1S/C20H27N3O3/c1-16(15-22-11-13-26-14-12-22)21-19(24)9-6-17-4-7-18(8-5-17)23-10-2-3-20(23)25/h4-9,16H,2-3,10-15H2,1H3,(H,21,24)/b9-6+. The average molecular weight is 357 g/mol. The second kappa shape index (κ2) is 8.96. The van der Waals surface area contributed by atoms with Crippen molar-refractivity contribution in [3.63, 3.8) is 0 Å². The molecule has 1 atom stereocenters. The molecule has 26 heavy (non-hydrogen) atoms. The fourth-order valence-corrected chi connectivity index (χ4v) is 3.37. The summed E-state index contributed by atoms with van der Waals surface area (Å²) in [5, 5.41) is 3.00. The number of amides is 2. The van der Waals surface area contributed by atoms with Gasteiger partial charge >= 0.3 is 0 Å². The molecule has 2 aliphatic rings. The molecule has 1 N–H and O–H groups in total. The van der Waals surface area contributed by atoms with Gasteiger partial charge in [-0.3, -0.25) is 14.5 Å². The quantitative estimate of drug-likeness (QED) is 0.787. The van der Waals surface area contributed by atoms with Crippen LogP contribution >= 0.6 is 0 Å². The summed E-state index contributed by atoms with van der Waals surface area (Å²) < 4.78 is 5.33. The van der Waals surface area contributed by atoms with Crippen molar-refractivity contribution in [3.05, 3.63) is 35.9 Å². The minimum absolute atomic E-state index is 0.0915. The average Bonchev–Trinajstić information content (AvgIpc) is 3.07. The maximum atomic E-state index is 12.1. The molecule has 1 aromatic carbocycles. The highest BCUT2D eigenvalue weighted by Crippen LogP contribution is 2.21. The van der Waals surface area contributed by atoms with Crippen LogP contribution in [0.3, 0.4) is 0 Å². The Hall–Kier alpha value is -2.18. The molecule has 2 saturated heterocycles. The Morgan fingerprint density at radius 1 is 1.23 bits per heavy atom. The monoisotopic (exact) mass is 357 g/mol. The zero-order valence-corrected chi connectivity index (χ0v) is 15.3. The summed E-state index contributed by atoms with van der Waals surface area (Å²) in [7, 11) is 0. The Kier molecular flexibility index (Phi) is 6.41. The lowest BCUT2D eigenvalue weighted by Gasteiger charge is -2.29. The van der Waals surface area contributed by atoms with E-state index in [2.05, 4.69) is 10.2 Å². The van der Waals surface area contributed by atoms with Crippen LogP contribution in [0.4, 0.5) is 5.69 Å². The zero-order chi connectivity index (χ0) is 18.4. The van der Waals surface area contributed by atoms with Crippen molar-refractivity contribution in [3.8, 4) is 0 Å². The molecule has 0 spiro atoms. The van der Waals surface area contributed by atoms with E-state index in [1.54, 1.807) is 12.2 Å². The number of nitrogens with zero attached hydrogens (tertiary/aromatic N) is 2. The van der Waals surface area contributed by atoms with E-state index in [-0.39, 0.29) is 17.9 Å². The third-order valence-electron chi connectivity index (χ3n) is 4.73. The summed E-state index contributed by atoms with van der Waals surface area (Å²) in [4.78, 5) is 28.0. The van der Waals surface area contributed by atoms with Crippen LogP contribution in [0.2, 0.25) is 0 Å². The van der Waals surface area contributed by atoms with Gasteiger partial charge in [-0.25, -0.2) is 0 Å². The van der Waals surface area contributed by atoms with Crippen molar-refractivity contribution < 1.29 is 14.3 Å². The van der Waals surface area contributed by atoms with E-state index in [4.69, 9.17) is 4.74 Å². The minimum Gasteiger partial charge on any atom is -0.379 e. The second-order valence-electron chi connectivity index (χ2n) is 6.90. The topological polar surface area (TPSA) is 61.9 Å². The van der Waals surface area contributed by atoms with E-state index in [1.807, 2.05) is 36.1 Å². The fraction of sp³-hybridized carbons (Fsp3) is 0.500. The molecule has 2 heterocycles. The number of carbonyl (C=O) groups is 2. The largest absolute Gasteiger partial charge is 0.379 e. The number of carbonyl (C=O) groups excluding carboxylic acids is 2. The summed E-state index contributed by atoms with van der Waals surface area (Å²) in [5.41, 5.74) is 1.87. The zero-order valence-electron chi connectivity index (χ0n) is 15.3. The van der Waals surface area contributed by atoms with Crippen molar-refractivity contribution in [1.29, 1.82) is 0 Å². The van der Waals surface area contributed by atoms with Crippen LogP contribution in [-0.2, 0) is 14.3 Å². The van der Waals surface area contributed by atoms with Crippen LogP contribution in [0.25, 0.3) is 6.08 Å². The first-order valence-electron chi connectivity index (χ1n) is 9.31. The molecule has 140 valence electrons. The number of ether oxygens (including phenoxy) is 1. The molecule has 1 unspecified atom stereocenters. The van der Waals surface area contributed by atoms with E-state index in [0.29, 0.717) is 6.42 Å². The number of benzene rings is 1. The van der Waals surface area contributed by atoms with Gasteiger partial charge in [0.1, 0.15) is 0 Å². The molecular weight excluding hydrogens is 330 g/mol. The summed E-state index contributed by atoms with van der Waals surface area (Å²) in [6.45, 7) is 7.00. The maximum Gasteiger partial charge on any atom is 0.244 e. The normalized spacial score (nSPS) is 19.9. The molecule has 1 aromatic rings. The Bertz CT molecular complexity index is 651. The van der Waals surface area contributed by atoms with Gasteiger partial charge in [-0.15, -0.1) is 0 Å². The molecule has 0 aliphatic carbocycles. The molecule has 0 aromatic heterocycles. The maximum absolute atomic E-state index is 12.1. The smallest absolute Gasteiger partial charge is 0.244 e. The first kappa shape index (κ1) is 18.6. The van der Waals surface area contributed by atoms with Crippen LogP contribution in [0.5, 0.6) is 0 Å². The van der Waals surface area contributed by atoms with Gasteiger partial charge in [0.2, 0.25) is 11.8 Å². The van der Waals surface area contributed by atoms with Crippen molar-refractivity contribution in [2.45, 2.75) is 25.8 Å². The van der Waals surface area contributed by atoms with Gasteiger partial charge in [0, 0.05) is 50.4 Å². The fourth-order valence-electron chi connectivity index (χ4n) is 3.37. The first-order valence-corrected chi connectivity index (χ1v) is 9.31. The molecule has 2 fully saturated rings. The minimum atomic E-state index is -0.0930. The third kappa shape index (κ3) is 5.16. The lowest BCUT2D eigenvalue weighted by Crippen LogP contribution is -2.45. The van der Waals surface area contributed by atoms with E-state index >= 15 is 0 Å². The molecule has 6 heteroatoms. The second-order valence-corrected chi connectivity index (χ2v) is 6.90. The number of anilines is 1. The SMILES string of the molecule is CC(CN1CCOCC1)NC(=O)/C=C/c1ccc(N2CCCC2=O)cc1. The van der Waals surface area contributed by atoms with Crippen LogP contribution < -0.4 is 10.2 Å². The highest BCUT2D eigenvalue weighted by Gasteiger charge is 2.21. The Labute approximate surface area is 154 Å². The predicted molar refractivity (Wildman–Crippen MR) is 102 cm³/mol. The van der Waals surface area contributed by atoms with E-state index in [0.717, 1.165) is 57.1 Å². The molecule has 0 bridgehead atoms. The summed E-state index contributed by atoms with van der Waals surface area (Å²) in [6, 6.07) is 7.82.